The molecular weight excluding hydrogens is 300 g/mol. The molecule has 0 unspecified atom stereocenters. The Morgan fingerprint density at radius 3 is 2.73 bits per heavy atom. The molecule has 0 fully saturated rings. The molecule has 1 amide bonds. The number of carboxylic acids is 1. The molecule has 0 saturated carbocycles. The fourth-order valence-corrected chi connectivity index (χ4v) is 3.58. The highest BCUT2D eigenvalue weighted by Crippen LogP contribution is 2.26. The minimum absolute atomic E-state index is 0.337. The van der Waals surface area contributed by atoms with Gasteiger partial charge in [0.15, 0.2) is 6.04 Å². The summed E-state index contributed by atoms with van der Waals surface area (Å²) in [6.07, 6.45) is 0.903. The normalized spacial score (nSPS) is 14.9. The predicted octanol–water partition coefficient (Wildman–Crippen LogP) is 1.95. The molecule has 1 aliphatic heterocycles. The second-order valence-corrected chi connectivity index (χ2v) is 6.28. The molecule has 1 atom stereocenters. The zero-order valence-electron chi connectivity index (χ0n) is 11.8. The summed E-state index contributed by atoms with van der Waals surface area (Å²) in [5.74, 6) is -1.40. The number of amides is 1. The first kappa shape index (κ1) is 14.7. The Hall–Kier alpha value is -2.18. The van der Waals surface area contributed by atoms with E-state index in [2.05, 4.69) is 10.6 Å². The third-order valence-corrected chi connectivity index (χ3v) is 4.81. The van der Waals surface area contributed by atoms with Gasteiger partial charge in [-0.2, -0.15) is 0 Å². The SMILES string of the molecule is O=C(N[C@H](C(=O)O)c1ccccc1)c1cc2c(s1)CNCC2. The van der Waals surface area contributed by atoms with E-state index in [0.717, 1.165) is 24.4 Å². The molecule has 1 aromatic heterocycles. The van der Waals surface area contributed by atoms with Gasteiger partial charge in [0.1, 0.15) is 0 Å². The van der Waals surface area contributed by atoms with Gasteiger partial charge in [0.2, 0.25) is 0 Å². The molecule has 0 bridgehead atoms. The first-order valence-corrected chi connectivity index (χ1v) is 7.87. The van der Waals surface area contributed by atoms with E-state index in [1.165, 1.54) is 16.9 Å². The first-order valence-electron chi connectivity index (χ1n) is 7.06. The van der Waals surface area contributed by atoms with Crippen molar-refractivity contribution in [3.05, 3.63) is 57.3 Å². The van der Waals surface area contributed by atoms with E-state index in [-0.39, 0.29) is 5.91 Å². The number of carbonyl (C=O) groups is 2. The Kier molecular flexibility index (Phi) is 4.22. The van der Waals surface area contributed by atoms with E-state index in [4.69, 9.17) is 0 Å². The van der Waals surface area contributed by atoms with Gasteiger partial charge in [-0.25, -0.2) is 4.79 Å². The molecule has 0 spiro atoms. The fourth-order valence-electron chi connectivity index (χ4n) is 2.50. The third-order valence-electron chi connectivity index (χ3n) is 3.63. The van der Waals surface area contributed by atoms with E-state index in [1.54, 1.807) is 24.3 Å². The van der Waals surface area contributed by atoms with Gasteiger partial charge in [0, 0.05) is 11.4 Å². The Morgan fingerprint density at radius 1 is 1.27 bits per heavy atom. The number of carboxylic acid groups (broad SMARTS) is 1. The predicted molar refractivity (Wildman–Crippen MR) is 84.0 cm³/mol. The van der Waals surface area contributed by atoms with Crippen LogP contribution in [0.15, 0.2) is 36.4 Å². The Balaban J connectivity index is 1.79. The minimum atomic E-state index is -1.07. The van der Waals surface area contributed by atoms with Gasteiger partial charge in [-0.05, 0) is 30.2 Å². The van der Waals surface area contributed by atoms with Crippen molar-refractivity contribution in [1.82, 2.24) is 10.6 Å². The summed E-state index contributed by atoms with van der Waals surface area (Å²) in [7, 11) is 0. The first-order chi connectivity index (χ1) is 10.6. The molecule has 0 saturated heterocycles. The number of fused-ring (bicyclic) bond motifs is 1. The second-order valence-electron chi connectivity index (χ2n) is 5.14. The van der Waals surface area contributed by atoms with Gasteiger partial charge in [-0.15, -0.1) is 11.3 Å². The van der Waals surface area contributed by atoms with Gasteiger partial charge in [-0.3, -0.25) is 4.79 Å². The molecular formula is C16H16N2O3S. The summed E-state index contributed by atoms with van der Waals surface area (Å²) in [5, 5.41) is 15.2. The number of carbonyl (C=O) groups excluding carboxylic acids is 1. The largest absolute Gasteiger partial charge is 0.479 e. The summed E-state index contributed by atoms with van der Waals surface area (Å²) in [6.45, 7) is 1.68. The minimum Gasteiger partial charge on any atom is -0.479 e. The molecule has 0 aliphatic carbocycles. The topological polar surface area (TPSA) is 78.4 Å². The molecule has 1 aromatic carbocycles. The maximum atomic E-state index is 12.4. The van der Waals surface area contributed by atoms with E-state index in [9.17, 15) is 14.7 Å². The van der Waals surface area contributed by atoms with Crippen molar-refractivity contribution < 1.29 is 14.7 Å². The lowest BCUT2D eigenvalue weighted by atomic mass is 10.1. The molecule has 3 rings (SSSR count). The summed E-state index contributed by atoms with van der Waals surface area (Å²) in [6, 6.07) is 9.56. The van der Waals surface area contributed by atoms with Crippen LogP contribution in [0.2, 0.25) is 0 Å². The molecule has 114 valence electrons. The molecule has 2 heterocycles. The van der Waals surface area contributed by atoms with E-state index >= 15 is 0 Å². The van der Waals surface area contributed by atoms with Crippen LogP contribution >= 0.6 is 11.3 Å². The number of rotatable bonds is 4. The van der Waals surface area contributed by atoms with Crippen molar-refractivity contribution in [3.8, 4) is 0 Å². The Labute approximate surface area is 132 Å². The zero-order valence-corrected chi connectivity index (χ0v) is 12.7. The quantitative estimate of drug-likeness (QED) is 0.805. The van der Waals surface area contributed by atoms with Crippen molar-refractivity contribution in [2.45, 2.75) is 19.0 Å². The number of thiophene rings is 1. The number of benzene rings is 1. The lowest BCUT2D eigenvalue weighted by Crippen LogP contribution is -2.33. The molecule has 2 aromatic rings. The van der Waals surface area contributed by atoms with Gasteiger partial charge < -0.3 is 15.7 Å². The van der Waals surface area contributed by atoms with Crippen LogP contribution in [0.5, 0.6) is 0 Å². The van der Waals surface area contributed by atoms with Crippen LogP contribution in [0.1, 0.15) is 31.7 Å². The summed E-state index contributed by atoms with van der Waals surface area (Å²) in [4.78, 5) is 25.5. The number of aliphatic carboxylic acids is 1. The van der Waals surface area contributed by atoms with Gasteiger partial charge >= 0.3 is 5.97 Å². The van der Waals surface area contributed by atoms with Gasteiger partial charge in [-0.1, -0.05) is 30.3 Å². The van der Waals surface area contributed by atoms with Crippen LogP contribution in [-0.4, -0.2) is 23.5 Å². The standard InChI is InChI=1S/C16H16N2O3S/c19-15(12-8-11-6-7-17-9-13(11)22-12)18-14(16(20)21)10-4-2-1-3-5-10/h1-5,8,14,17H,6-7,9H2,(H,18,19)(H,20,21)/t14-/m0/s1. The highest BCUT2D eigenvalue weighted by molar-refractivity contribution is 7.14. The van der Waals surface area contributed by atoms with E-state index in [0.29, 0.717) is 10.4 Å². The van der Waals surface area contributed by atoms with Crippen LogP contribution in [-0.2, 0) is 17.8 Å². The molecule has 5 nitrogen and oxygen atoms in total. The van der Waals surface area contributed by atoms with Crippen molar-refractivity contribution >= 4 is 23.2 Å². The van der Waals surface area contributed by atoms with Crippen LogP contribution in [0.4, 0.5) is 0 Å². The van der Waals surface area contributed by atoms with Crippen molar-refractivity contribution in [3.63, 3.8) is 0 Å². The molecule has 3 N–H and O–H groups in total. The third kappa shape index (κ3) is 3.03. The monoisotopic (exact) mass is 316 g/mol. The van der Waals surface area contributed by atoms with Crippen molar-refractivity contribution in [2.24, 2.45) is 0 Å². The van der Waals surface area contributed by atoms with Crippen molar-refractivity contribution in [1.29, 1.82) is 0 Å². The number of hydrogen-bond donors (Lipinski definition) is 3. The number of hydrogen-bond acceptors (Lipinski definition) is 4. The molecule has 22 heavy (non-hydrogen) atoms. The van der Waals surface area contributed by atoms with Crippen LogP contribution in [0.25, 0.3) is 0 Å². The number of nitrogens with one attached hydrogen (secondary N) is 2. The fraction of sp³-hybridized carbons (Fsp3) is 0.250. The highest BCUT2D eigenvalue weighted by Gasteiger charge is 2.24. The lowest BCUT2D eigenvalue weighted by molar-refractivity contribution is -0.139. The van der Waals surface area contributed by atoms with Crippen LogP contribution < -0.4 is 10.6 Å². The average molecular weight is 316 g/mol. The smallest absolute Gasteiger partial charge is 0.330 e. The van der Waals surface area contributed by atoms with Crippen LogP contribution in [0, 0.1) is 0 Å². The summed E-state index contributed by atoms with van der Waals surface area (Å²) in [5.41, 5.74) is 1.74. The van der Waals surface area contributed by atoms with E-state index in [1.807, 2.05) is 12.1 Å². The highest BCUT2D eigenvalue weighted by atomic mass is 32.1. The lowest BCUT2D eigenvalue weighted by Gasteiger charge is -2.14. The Bertz CT molecular complexity index is 673. The van der Waals surface area contributed by atoms with Crippen LogP contribution in [0.3, 0.4) is 0 Å². The van der Waals surface area contributed by atoms with E-state index < -0.39 is 12.0 Å². The average Bonchev–Trinajstić information content (AvgIpc) is 2.97. The summed E-state index contributed by atoms with van der Waals surface area (Å²) < 4.78 is 0. The van der Waals surface area contributed by atoms with Gasteiger partial charge in [0.25, 0.3) is 5.91 Å². The molecule has 6 heteroatoms. The van der Waals surface area contributed by atoms with Crippen molar-refractivity contribution in [2.75, 3.05) is 6.54 Å². The Morgan fingerprint density at radius 2 is 2.05 bits per heavy atom. The molecule has 0 radical (unpaired) electrons. The summed E-state index contributed by atoms with van der Waals surface area (Å²) >= 11 is 1.42. The maximum absolute atomic E-state index is 12.4. The maximum Gasteiger partial charge on any atom is 0.330 e. The zero-order chi connectivity index (χ0) is 15.5. The second kappa shape index (κ2) is 6.29. The van der Waals surface area contributed by atoms with Gasteiger partial charge in [0.05, 0.1) is 4.88 Å². The molecule has 1 aliphatic rings.